The summed E-state index contributed by atoms with van der Waals surface area (Å²) in [4.78, 5) is 41.3. The third-order valence-electron chi connectivity index (χ3n) is 8.38. The number of anilines is 2. The molecule has 178 valence electrons. The second kappa shape index (κ2) is 8.14. The minimum absolute atomic E-state index is 0.0749. The van der Waals surface area contributed by atoms with E-state index in [0.717, 1.165) is 25.7 Å². The quantitative estimate of drug-likeness (QED) is 0.689. The van der Waals surface area contributed by atoms with Crippen LogP contribution in [0, 0.1) is 28.6 Å². The maximum Gasteiger partial charge on any atom is 0.247 e. The third-order valence-corrected chi connectivity index (χ3v) is 8.38. The molecule has 1 aliphatic heterocycles. The first-order valence-corrected chi connectivity index (χ1v) is 12.7. The minimum Gasteiger partial charge on any atom is -0.330 e. The van der Waals surface area contributed by atoms with Gasteiger partial charge in [-0.15, -0.1) is 0 Å². The van der Waals surface area contributed by atoms with E-state index in [0.29, 0.717) is 42.1 Å². The van der Waals surface area contributed by atoms with E-state index in [1.165, 1.54) is 19.3 Å². The fraction of sp³-hybridized carbons (Fsp3) is 0.667. The highest BCUT2D eigenvalue weighted by Crippen LogP contribution is 2.60. The van der Waals surface area contributed by atoms with Crippen LogP contribution in [0.5, 0.6) is 0 Å². The van der Waals surface area contributed by atoms with Crippen molar-refractivity contribution in [3.63, 3.8) is 0 Å². The van der Waals surface area contributed by atoms with E-state index in [4.69, 9.17) is 0 Å². The lowest BCUT2D eigenvalue weighted by Gasteiger charge is -2.56. The molecule has 0 radical (unpaired) electrons. The second-order valence-corrected chi connectivity index (χ2v) is 12.1. The summed E-state index contributed by atoms with van der Waals surface area (Å²) in [6.45, 7) is 6.27. The van der Waals surface area contributed by atoms with Gasteiger partial charge in [0.1, 0.15) is 6.04 Å². The van der Waals surface area contributed by atoms with Crippen molar-refractivity contribution in [1.82, 2.24) is 4.90 Å². The number of carbonyl (C=O) groups excluding carboxylic acids is 3. The summed E-state index contributed by atoms with van der Waals surface area (Å²) in [5.41, 5.74) is 0.581. The number of nitrogens with one attached hydrogen (secondary N) is 2. The van der Waals surface area contributed by atoms with Gasteiger partial charge >= 0.3 is 0 Å². The van der Waals surface area contributed by atoms with Gasteiger partial charge in [-0.1, -0.05) is 26.8 Å². The van der Waals surface area contributed by atoms with Crippen molar-refractivity contribution in [2.45, 2.75) is 78.2 Å². The zero-order chi connectivity index (χ0) is 23.4. The standard InChI is InChI=1S/C27H37N3O3/c1-26(2,3)24(32)29-21-7-4-6-20(13-21)28-23(31)22-8-5-9-30(22)25(33)27-14-17-10-18(15-27)12-19(11-17)16-27/h4,6-7,13,17-19,22H,5,8-12,14-16H2,1-3H3,(H,28,31)(H,29,32). The average Bonchev–Trinajstić information content (AvgIpc) is 3.21. The second-order valence-electron chi connectivity index (χ2n) is 12.1. The Balaban J connectivity index is 1.27. The zero-order valence-corrected chi connectivity index (χ0v) is 20.2. The molecule has 4 aliphatic carbocycles. The van der Waals surface area contributed by atoms with Crippen molar-refractivity contribution < 1.29 is 14.4 Å². The SMILES string of the molecule is CC(C)(C)C(=O)Nc1cccc(NC(=O)C2CCCN2C(=O)C23CC4CC(CC(C4)C2)C3)c1. The van der Waals surface area contributed by atoms with Gasteiger partial charge in [0.15, 0.2) is 0 Å². The van der Waals surface area contributed by atoms with Crippen LogP contribution in [0.1, 0.15) is 72.1 Å². The normalized spacial score (nSPS) is 32.6. The number of likely N-dealkylation sites (tertiary alicyclic amines) is 1. The van der Waals surface area contributed by atoms with Crippen LogP contribution in [0.4, 0.5) is 11.4 Å². The van der Waals surface area contributed by atoms with Gasteiger partial charge in [0.25, 0.3) is 0 Å². The molecule has 1 atom stereocenters. The smallest absolute Gasteiger partial charge is 0.247 e. The molecule has 1 heterocycles. The van der Waals surface area contributed by atoms with E-state index in [2.05, 4.69) is 10.6 Å². The first kappa shape index (κ1) is 22.4. The average molecular weight is 452 g/mol. The highest BCUT2D eigenvalue weighted by molar-refractivity contribution is 5.99. The summed E-state index contributed by atoms with van der Waals surface area (Å²) in [7, 11) is 0. The molecule has 3 amide bonds. The van der Waals surface area contributed by atoms with E-state index >= 15 is 0 Å². The van der Waals surface area contributed by atoms with Crippen molar-refractivity contribution in [1.29, 1.82) is 0 Å². The molecule has 2 N–H and O–H groups in total. The summed E-state index contributed by atoms with van der Waals surface area (Å²) in [6.07, 6.45) is 8.58. The van der Waals surface area contributed by atoms with Crippen LogP contribution in [-0.4, -0.2) is 35.2 Å². The molecule has 5 aliphatic rings. The molecule has 6 rings (SSSR count). The Hall–Kier alpha value is -2.37. The zero-order valence-electron chi connectivity index (χ0n) is 20.2. The van der Waals surface area contributed by atoms with E-state index in [9.17, 15) is 14.4 Å². The van der Waals surface area contributed by atoms with Crippen LogP contribution in [0.2, 0.25) is 0 Å². The van der Waals surface area contributed by atoms with E-state index in [1.54, 1.807) is 6.07 Å². The summed E-state index contributed by atoms with van der Waals surface area (Å²) >= 11 is 0. The van der Waals surface area contributed by atoms with Crippen LogP contribution in [-0.2, 0) is 14.4 Å². The lowest BCUT2D eigenvalue weighted by atomic mass is 9.49. The Morgan fingerprint density at radius 3 is 2.09 bits per heavy atom. The first-order chi connectivity index (χ1) is 15.6. The number of carbonyl (C=O) groups is 3. The Labute approximate surface area is 196 Å². The number of nitrogens with zero attached hydrogens (tertiary/aromatic N) is 1. The lowest BCUT2D eigenvalue weighted by molar-refractivity contribution is -0.160. The molecule has 4 saturated carbocycles. The van der Waals surface area contributed by atoms with Gasteiger partial charge < -0.3 is 15.5 Å². The number of benzene rings is 1. The summed E-state index contributed by atoms with van der Waals surface area (Å²) < 4.78 is 0. The predicted molar refractivity (Wildman–Crippen MR) is 128 cm³/mol. The number of rotatable bonds is 4. The molecule has 6 nitrogen and oxygen atoms in total. The fourth-order valence-electron chi connectivity index (χ4n) is 7.18. The van der Waals surface area contributed by atoms with Crippen LogP contribution < -0.4 is 10.6 Å². The van der Waals surface area contributed by atoms with Crippen LogP contribution in [0.25, 0.3) is 0 Å². The molecule has 5 fully saturated rings. The molecule has 0 spiro atoms. The fourth-order valence-corrected chi connectivity index (χ4v) is 7.18. The molecule has 1 unspecified atom stereocenters. The number of hydrogen-bond donors (Lipinski definition) is 2. The highest BCUT2D eigenvalue weighted by Gasteiger charge is 2.56. The summed E-state index contributed by atoms with van der Waals surface area (Å²) in [5.74, 6) is 2.17. The topological polar surface area (TPSA) is 78.5 Å². The third kappa shape index (κ3) is 4.29. The summed E-state index contributed by atoms with van der Waals surface area (Å²) in [5, 5.41) is 5.92. The van der Waals surface area contributed by atoms with Gasteiger partial charge in [-0.25, -0.2) is 0 Å². The van der Waals surface area contributed by atoms with Gasteiger partial charge in [-0.2, -0.15) is 0 Å². The van der Waals surface area contributed by atoms with Crippen molar-refractivity contribution in [2.75, 3.05) is 17.2 Å². The Morgan fingerprint density at radius 1 is 0.939 bits per heavy atom. The Kier molecular flexibility index (Phi) is 5.53. The van der Waals surface area contributed by atoms with Gasteiger partial charge in [-0.05, 0) is 87.3 Å². The minimum atomic E-state index is -0.499. The van der Waals surface area contributed by atoms with Crippen LogP contribution >= 0.6 is 0 Å². The number of hydrogen-bond acceptors (Lipinski definition) is 3. The molecule has 1 aromatic carbocycles. The maximum absolute atomic E-state index is 13.8. The van der Waals surface area contributed by atoms with E-state index < -0.39 is 11.5 Å². The molecule has 6 heteroatoms. The molecule has 1 aromatic rings. The summed E-state index contributed by atoms with van der Waals surface area (Å²) in [6, 6.07) is 6.84. The van der Waals surface area contributed by atoms with Gasteiger partial charge in [0, 0.05) is 23.3 Å². The molecular weight excluding hydrogens is 414 g/mol. The van der Waals surface area contributed by atoms with Gasteiger partial charge in [-0.3, -0.25) is 14.4 Å². The van der Waals surface area contributed by atoms with Crippen molar-refractivity contribution in [2.24, 2.45) is 28.6 Å². The molecule has 0 aromatic heterocycles. The van der Waals surface area contributed by atoms with E-state index in [1.807, 2.05) is 43.9 Å². The van der Waals surface area contributed by atoms with Crippen LogP contribution in [0.15, 0.2) is 24.3 Å². The largest absolute Gasteiger partial charge is 0.330 e. The van der Waals surface area contributed by atoms with Crippen molar-refractivity contribution in [3.05, 3.63) is 24.3 Å². The molecule has 33 heavy (non-hydrogen) atoms. The Morgan fingerprint density at radius 2 is 1.52 bits per heavy atom. The number of amides is 3. The predicted octanol–water partition coefficient (Wildman–Crippen LogP) is 4.82. The highest BCUT2D eigenvalue weighted by atomic mass is 16.2. The van der Waals surface area contributed by atoms with Gasteiger partial charge in [0.2, 0.25) is 17.7 Å². The maximum atomic E-state index is 13.8. The van der Waals surface area contributed by atoms with Crippen molar-refractivity contribution >= 4 is 29.1 Å². The monoisotopic (exact) mass is 451 g/mol. The van der Waals surface area contributed by atoms with Crippen LogP contribution in [0.3, 0.4) is 0 Å². The molecular formula is C27H37N3O3. The molecule has 4 bridgehead atoms. The van der Waals surface area contributed by atoms with Gasteiger partial charge in [0.05, 0.1) is 5.41 Å². The van der Waals surface area contributed by atoms with Crippen molar-refractivity contribution in [3.8, 4) is 0 Å². The first-order valence-electron chi connectivity index (χ1n) is 12.7. The molecule has 1 saturated heterocycles. The van der Waals surface area contributed by atoms with E-state index in [-0.39, 0.29) is 23.1 Å². The lowest BCUT2D eigenvalue weighted by Crippen LogP contribution is -2.56. The Bertz CT molecular complexity index is 928.